The van der Waals surface area contributed by atoms with Gasteiger partial charge in [0.2, 0.25) is 0 Å². The molecular weight excluding hydrogens is 296 g/mol. The van der Waals surface area contributed by atoms with Gasteiger partial charge in [-0.15, -0.1) is 0 Å². The highest BCUT2D eigenvalue weighted by Gasteiger charge is 2.34. The molecule has 6 nitrogen and oxygen atoms in total. The van der Waals surface area contributed by atoms with Crippen molar-refractivity contribution in [2.75, 3.05) is 0 Å². The van der Waals surface area contributed by atoms with Crippen molar-refractivity contribution in [3.8, 4) is 11.5 Å². The number of carbonyl (C=O) groups is 1. The molecule has 23 heavy (non-hydrogen) atoms. The van der Waals surface area contributed by atoms with E-state index in [1.807, 2.05) is 20.8 Å². The van der Waals surface area contributed by atoms with Gasteiger partial charge < -0.3 is 14.6 Å². The summed E-state index contributed by atoms with van der Waals surface area (Å²) >= 11 is 0. The van der Waals surface area contributed by atoms with E-state index < -0.39 is 5.97 Å². The lowest BCUT2D eigenvalue weighted by molar-refractivity contribution is 0.0694. The third kappa shape index (κ3) is 3.11. The van der Waals surface area contributed by atoms with E-state index in [0.717, 1.165) is 11.3 Å². The number of ether oxygens (including phenoxy) is 2. The van der Waals surface area contributed by atoms with Crippen LogP contribution in [-0.4, -0.2) is 26.6 Å². The minimum absolute atomic E-state index is 0.145. The number of carboxylic acids is 1. The average Bonchev–Trinajstić information content (AvgIpc) is 2.82. The van der Waals surface area contributed by atoms with E-state index in [1.165, 1.54) is 6.33 Å². The Hall–Kier alpha value is -2.63. The second-order valence-electron chi connectivity index (χ2n) is 6.19. The fraction of sp³-hybridized carbons (Fsp3) is 0.353. The third-order valence-corrected chi connectivity index (χ3v) is 3.73. The molecule has 1 unspecified atom stereocenters. The first-order valence-corrected chi connectivity index (χ1v) is 7.37. The summed E-state index contributed by atoms with van der Waals surface area (Å²) in [7, 11) is 0. The van der Waals surface area contributed by atoms with Crippen molar-refractivity contribution in [2.24, 2.45) is 0 Å². The molecule has 1 aromatic heterocycles. The lowest BCUT2D eigenvalue weighted by Crippen LogP contribution is -2.24. The molecule has 0 saturated heterocycles. The van der Waals surface area contributed by atoms with E-state index in [2.05, 4.69) is 9.97 Å². The minimum atomic E-state index is -1.01. The van der Waals surface area contributed by atoms with E-state index in [4.69, 9.17) is 9.47 Å². The average molecular weight is 314 g/mol. The van der Waals surface area contributed by atoms with Crippen molar-refractivity contribution >= 4 is 5.97 Å². The number of fused-ring (bicyclic) bond motifs is 1. The van der Waals surface area contributed by atoms with E-state index in [9.17, 15) is 9.90 Å². The lowest BCUT2D eigenvalue weighted by Gasteiger charge is -2.17. The first-order valence-electron chi connectivity index (χ1n) is 7.37. The zero-order chi connectivity index (χ0) is 16.6. The predicted molar refractivity (Wildman–Crippen MR) is 82.9 cm³/mol. The second-order valence-corrected chi connectivity index (χ2v) is 6.19. The van der Waals surface area contributed by atoms with Gasteiger partial charge in [0, 0.05) is 18.2 Å². The maximum atomic E-state index is 11.3. The topological polar surface area (TPSA) is 81.5 Å². The highest BCUT2D eigenvalue weighted by Crippen LogP contribution is 2.42. The van der Waals surface area contributed by atoms with Gasteiger partial charge in [0.1, 0.15) is 29.5 Å². The molecule has 1 aromatic carbocycles. The van der Waals surface area contributed by atoms with Crippen LogP contribution in [-0.2, 0) is 6.42 Å². The summed E-state index contributed by atoms with van der Waals surface area (Å²) in [6.45, 7) is 5.79. The lowest BCUT2D eigenvalue weighted by atomic mass is 9.99. The van der Waals surface area contributed by atoms with Gasteiger partial charge in [-0.25, -0.2) is 14.8 Å². The van der Waals surface area contributed by atoms with E-state index >= 15 is 0 Å². The monoisotopic (exact) mass is 314 g/mol. The molecule has 0 amide bonds. The Morgan fingerprint density at radius 2 is 2.22 bits per heavy atom. The van der Waals surface area contributed by atoms with Gasteiger partial charge in [-0.3, -0.25) is 0 Å². The molecule has 0 fully saturated rings. The van der Waals surface area contributed by atoms with Crippen LogP contribution in [0.5, 0.6) is 11.5 Å². The number of benzene rings is 1. The Morgan fingerprint density at radius 1 is 1.43 bits per heavy atom. The summed E-state index contributed by atoms with van der Waals surface area (Å²) in [6.07, 6.45) is 3.44. The highest BCUT2D eigenvalue weighted by atomic mass is 16.5. The van der Waals surface area contributed by atoms with Gasteiger partial charge in [-0.2, -0.15) is 0 Å². The summed E-state index contributed by atoms with van der Waals surface area (Å²) in [4.78, 5) is 19.4. The van der Waals surface area contributed by atoms with Crippen molar-refractivity contribution in [2.45, 2.75) is 38.9 Å². The van der Waals surface area contributed by atoms with Crippen LogP contribution in [0.2, 0.25) is 0 Å². The molecule has 0 radical (unpaired) electrons. The molecule has 0 bridgehead atoms. The summed E-state index contributed by atoms with van der Waals surface area (Å²) in [5.41, 5.74) is 1.38. The minimum Gasteiger partial charge on any atom is -0.487 e. The second kappa shape index (κ2) is 5.53. The molecule has 1 N–H and O–H groups in total. The molecule has 0 saturated carbocycles. The highest BCUT2D eigenvalue weighted by molar-refractivity contribution is 5.89. The number of aromatic carboxylic acids is 1. The Morgan fingerprint density at radius 3 is 2.87 bits per heavy atom. The van der Waals surface area contributed by atoms with Crippen LogP contribution in [0.1, 0.15) is 48.5 Å². The van der Waals surface area contributed by atoms with Gasteiger partial charge in [-0.1, -0.05) is 0 Å². The fourth-order valence-corrected chi connectivity index (χ4v) is 2.67. The number of aromatic nitrogens is 2. The molecular formula is C17H18N2O4. The van der Waals surface area contributed by atoms with Crippen LogP contribution >= 0.6 is 0 Å². The Kier molecular flexibility index (Phi) is 3.67. The normalized spacial score (nSPS) is 16.3. The van der Waals surface area contributed by atoms with E-state index in [0.29, 0.717) is 17.9 Å². The number of carboxylic acid groups (broad SMARTS) is 1. The van der Waals surface area contributed by atoms with Gasteiger partial charge >= 0.3 is 5.97 Å². The SMILES string of the molecule is CC(Oc1cc(C(=O)O)cc2c1CC(C)(C)O2)c1ccncn1. The fourth-order valence-electron chi connectivity index (χ4n) is 2.67. The molecule has 6 heteroatoms. The molecule has 2 heterocycles. The molecule has 3 rings (SSSR count). The predicted octanol–water partition coefficient (Wildman–Crippen LogP) is 3.03. The van der Waals surface area contributed by atoms with Crippen molar-refractivity contribution in [1.82, 2.24) is 9.97 Å². The zero-order valence-corrected chi connectivity index (χ0v) is 13.2. The van der Waals surface area contributed by atoms with Crippen LogP contribution in [0, 0.1) is 0 Å². The zero-order valence-electron chi connectivity index (χ0n) is 13.2. The van der Waals surface area contributed by atoms with Crippen LogP contribution in [0.15, 0.2) is 30.7 Å². The number of nitrogens with zero attached hydrogens (tertiary/aromatic N) is 2. The standard InChI is InChI=1S/C17H18N2O4/c1-10(13-4-5-18-9-19-13)22-14-6-11(16(20)21)7-15-12(14)8-17(2,3)23-15/h4-7,9-10H,8H2,1-3H3,(H,20,21). The van der Waals surface area contributed by atoms with Gasteiger partial charge in [-0.05, 0) is 39.0 Å². The van der Waals surface area contributed by atoms with Crippen LogP contribution < -0.4 is 9.47 Å². The summed E-state index contributed by atoms with van der Waals surface area (Å²) in [5, 5.41) is 9.29. The van der Waals surface area contributed by atoms with Gasteiger partial charge in [0.05, 0.1) is 11.3 Å². The van der Waals surface area contributed by atoms with Gasteiger partial charge in [0.25, 0.3) is 0 Å². The molecule has 120 valence electrons. The molecule has 1 aliphatic rings. The number of hydrogen-bond acceptors (Lipinski definition) is 5. The molecule has 1 atom stereocenters. The Labute approximate surface area is 134 Å². The van der Waals surface area contributed by atoms with Crippen molar-refractivity contribution in [3.05, 3.63) is 47.5 Å². The van der Waals surface area contributed by atoms with Crippen LogP contribution in [0.25, 0.3) is 0 Å². The molecule has 0 spiro atoms. The molecule has 1 aliphatic heterocycles. The first kappa shape index (κ1) is 15.3. The Balaban J connectivity index is 1.97. The third-order valence-electron chi connectivity index (χ3n) is 3.73. The van der Waals surface area contributed by atoms with E-state index in [-0.39, 0.29) is 17.3 Å². The van der Waals surface area contributed by atoms with E-state index in [1.54, 1.807) is 24.4 Å². The number of rotatable bonds is 4. The molecule has 2 aromatic rings. The Bertz CT molecular complexity index is 744. The molecule has 0 aliphatic carbocycles. The van der Waals surface area contributed by atoms with Gasteiger partial charge in [0.15, 0.2) is 0 Å². The van der Waals surface area contributed by atoms with Crippen molar-refractivity contribution in [3.63, 3.8) is 0 Å². The maximum absolute atomic E-state index is 11.3. The number of hydrogen-bond donors (Lipinski definition) is 1. The summed E-state index contributed by atoms with van der Waals surface area (Å²) in [5.74, 6) is 0.0806. The van der Waals surface area contributed by atoms with Crippen LogP contribution in [0.3, 0.4) is 0 Å². The summed E-state index contributed by atoms with van der Waals surface area (Å²) in [6, 6.07) is 4.87. The quantitative estimate of drug-likeness (QED) is 0.934. The largest absolute Gasteiger partial charge is 0.487 e. The first-order chi connectivity index (χ1) is 10.9. The van der Waals surface area contributed by atoms with Crippen molar-refractivity contribution in [1.29, 1.82) is 0 Å². The maximum Gasteiger partial charge on any atom is 0.335 e. The smallest absolute Gasteiger partial charge is 0.335 e. The summed E-state index contributed by atoms with van der Waals surface area (Å²) < 4.78 is 11.8. The van der Waals surface area contributed by atoms with Crippen molar-refractivity contribution < 1.29 is 19.4 Å². The van der Waals surface area contributed by atoms with Crippen LogP contribution in [0.4, 0.5) is 0 Å².